The molecule has 0 N–H and O–H groups in total. The molecule has 6 nitrogen and oxygen atoms in total. The van der Waals surface area contributed by atoms with Crippen LogP contribution in [0.1, 0.15) is 66.8 Å². The summed E-state index contributed by atoms with van der Waals surface area (Å²) in [7, 11) is -5.99. The Morgan fingerprint density at radius 1 is 0.562 bits per heavy atom. The number of hydrogen-bond acceptors (Lipinski definition) is 6. The molecule has 0 amide bonds. The number of hydrogen-bond donors (Lipinski definition) is 0. The van der Waals surface area contributed by atoms with Crippen molar-refractivity contribution in [3.05, 3.63) is 0 Å². The first-order valence-electron chi connectivity index (χ1n) is 8.36. The minimum atomic E-state index is -2.20. The van der Waals surface area contributed by atoms with Gasteiger partial charge in [-0.25, -0.2) is 0 Å². The topological polar surface area (TPSA) is 62.0 Å². The molecule has 32 heavy (non-hydrogen) atoms. The van der Waals surface area contributed by atoms with Crippen molar-refractivity contribution < 1.29 is 27.2 Å². The first-order chi connectivity index (χ1) is 10.6. The van der Waals surface area contributed by atoms with Crippen LogP contribution in [-0.4, -0.2) is 76.3 Å². The van der Waals surface area contributed by atoms with Gasteiger partial charge in [0.15, 0.2) is 0 Å². The molecule has 2 fully saturated rings. The lowest BCUT2D eigenvalue weighted by Crippen LogP contribution is -2.55. The fourth-order valence-electron chi connectivity index (χ4n) is 2.61. The van der Waals surface area contributed by atoms with Crippen molar-refractivity contribution in [2.75, 3.05) is 38.9 Å². The van der Waals surface area contributed by atoms with E-state index in [0.29, 0.717) is 37.9 Å². The van der Waals surface area contributed by atoms with Crippen molar-refractivity contribution in [3.8, 4) is 0 Å². The normalized spacial score (nSPS) is 17.8. The van der Waals surface area contributed by atoms with E-state index >= 15 is 0 Å². The van der Waals surface area contributed by atoms with Crippen LogP contribution in [0.5, 0.6) is 0 Å². The molecule has 0 aromatic heterocycles. The van der Waals surface area contributed by atoms with Crippen LogP contribution in [-0.2, 0) is 27.2 Å². The SMILES string of the molecule is C.C.C.C.C.C.C.C.C.C[Si](C)(COCC1CO1)O[Si](C)(C)O[Si](C)(C)COCC1CO1. The summed E-state index contributed by atoms with van der Waals surface area (Å²) in [6, 6.07) is 0. The third-order valence-electron chi connectivity index (χ3n) is 3.36. The number of rotatable bonds is 12. The molecular weight excluding hydrogens is 457 g/mol. The minimum absolute atomic E-state index is 0. The largest absolute Gasteiger partial charge is 0.435 e. The van der Waals surface area contributed by atoms with Gasteiger partial charge in [0.2, 0.25) is 16.6 Å². The zero-order valence-electron chi connectivity index (χ0n) is 15.3. The van der Waals surface area contributed by atoms with Crippen molar-refractivity contribution in [2.24, 2.45) is 0 Å². The second-order valence-corrected chi connectivity index (χ2v) is 20.1. The van der Waals surface area contributed by atoms with Crippen molar-refractivity contribution in [1.29, 1.82) is 0 Å². The fraction of sp³-hybridized carbons (Fsp3) is 1.00. The van der Waals surface area contributed by atoms with E-state index in [0.717, 1.165) is 13.2 Å². The Labute approximate surface area is 209 Å². The lowest BCUT2D eigenvalue weighted by Gasteiger charge is -2.38. The molecule has 0 spiro atoms. The maximum absolute atomic E-state index is 6.45. The van der Waals surface area contributed by atoms with E-state index in [1.807, 2.05) is 0 Å². The molecule has 2 atom stereocenters. The molecule has 2 aliphatic rings. The molecule has 0 saturated carbocycles. The van der Waals surface area contributed by atoms with Gasteiger partial charge < -0.3 is 27.2 Å². The molecule has 0 radical (unpaired) electrons. The molecule has 2 saturated heterocycles. The summed E-state index contributed by atoms with van der Waals surface area (Å²) < 4.78 is 34.7. The molecular formula is C23H68O6Si3. The van der Waals surface area contributed by atoms with Crippen molar-refractivity contribution in [1.82, 2.24) is 0 Å². The van der Waals surface area contributed by atoms with Gasteiger partial charge in [-0.15, -0.1) is 0 Å². The van der Waals surface area contributed by atoms with E-state index in [2.05, 4.69) is 39.3 Å². The van der Waals surface area contributed by atoms with Gasteiger partial charge in [0.05, 0.1) is 38.9 Å². The highest BCUT2D eigenvalue weighted by atomic mass is 28.5. The van der Waals surface area contributed by atoms with Crippen LogP contribution in [0, 0.1) is 0 Å². The van der Waals surface area contributed by atoms with E-state index < -0.39 is 25.2 Å². The predicted octanol–water partition coefficient (Wildman–Crippen LogP) is 7.77. The molecule has 2 unspecified atom stereocenters. The van der Waals surface area contributed by atoms with Gasteiger partial charge in [0.1, 0.15) is 12.2 Å². The summed E-state index contributed by atoms with van der Waals surface area (Å²) >= 11 is 0. The second-order valence-electron chi connectivity index (χ2n) is 8.06. The summed E-state index contributed by atoms with van der Waals surface area (Å²) in [5.74, 6) is 0. The highest BCUT2D eigenvalue weighted by Gasteiger charge is 2.40. The summed E-state index contributed by atoms with van der Waals surface area (Å²) in [6.07, 6.45) is 1.98. The van der Waals surface area contributed by atoms with Gasteiger partial charge in [-0.05, 0) is 39.3 Å². The average Bonchev–Trinajstić information content (AvgIpc) is 3.19. The van der Waals surface area contributed by atoms with Crippen LogP contribution < -0.4 is 0 Å². The molecule has 0 bridgehead atoms. The van der Waals surface area contributed by atoms with Gasteiger partial charge in [0, 0.05) is 0 Å². The van der Waals surface area contributed by atoms with Gasteiger partial charge >= 0.3 is 8.56 Å². The zero-order valence-corrected chi connectivity index (χ0v) is 18.3. The van der Waals surface area contributed by atoms with Crippen molar-refractivity contribution in [3.63, 3.8) is 0 Å². The molecule has 0 aromatic carbocycles. The van der Waals surface area contributed by atoms with E-state index in [9.17, 15) is 0 Å². The first-order valence-corrected chi connectivity index (χ1v) is 17.4. The lowest BCUT2D eigenvalue weighted by molar-refractivity contribution is 0.138. The Morgan fingerprint density at radius 3 is 1.03 bits per heavy atom. The van der Waals surface area contributed by atoms with Crippen LogP contribution in [0.2, 0.25) is 39.3 Å². The van der Waals surface area contributed by atoms with Crippen LogP contribution >= 0.6 is 0 Å². The standard InChI is InChI=1S/C14H32O6Si3.9CH4/c1-21(2,11-15-7-13-9-17-13)19-23(5,6)20-22(3,4)12-16-8-14-10-18-14;;;;;;;;;/h13-14H,7-12H2,1-6H3;9*1H4. The van der Waals surface area contributed by atoms with Gasteiger partial charge in [0.25, 0.3) is 0 Å². The highest BCUT2D eigenvalue weighted by molar-refractivity contribution is 6.87. The molecule has 2 aliphatic heterocycles. The Morgan fingerprint density at radius 2 is 0.812 bits per heavy atom. The molecule has 9 heteroatoms. The minimum Gasteiger partial charge on any atom is -0.435 e. The van der Waals surface area contributed by atoms with Crippen LogP contribution in [0.25, 0.3) is 0 Å². The molecule has 208 valence electrons. The van der Waals surface area contributed by atoms with Gasteiger partial charge in [-0.1, -0.05) is 66.8 Å². The Balaban J connectivity index is -0.000000107. The lowest BCUT2D eigenvalue weighted by atomic mass is 10.5. The summed E-state index contributed by atoms with van der Waals surface area (Å²) in [4.78, 5) is 0. The van der Waals surface area contributed by atoms with E-state index in [1.165, 1.54) is 0 Å². The van der Waals surface area contributed by atoms with Crippen LogP contribution in [0.3, 0.4) is 0 Å². The maximum atomic E-state index is 6.45. The molecule has 0 aromatic rings. The third kappa shape index (κ3) is 25.0. The Hall–Kier alpha value is 0.411. The summed E-state index contributed by atoms with van der Waals surface area (Å²) in [5, 5.41) is 0. The molecule has 0 aliphatic carbocycles. The van der Waals surface area contributed by atoms with Crippen molar-refractivity contribution >= 4 is 25.2 Å². The van der Waals surface area contributed by atoms with Gasteiger partial charge in [-0.3, -0.25) is 0 Å². The zero-order chi connectivity index (χ0) is 17.1. The van der Waals surface area contributed by atoms with Crippen LogP contribution in [0.15, 0.2) is 0 Å². The fourth-order valence-corrected chi connectivity index (χ4v) is 15.5. The van der Waals surface area contributed by atoms with Crippen molar-refractivity contribution in [2.45, 2.75) is 118 Å². The smallest absolute Gasteiger partial charge is 0.311 e. The number of ether oxygens (including phenoxy) is 4. The molecule has 2 rings (SSSR count). The number of epoxide rings is 2. The Bertz CT molecular complexity index is 354. The highest BCUT2D eigenvalue weighted by Crippen LogP contribution is 2.22. The maximum Gasteiger partial charge on any atom is 0.311 e. The third-order valence-corrected chi connectivity index (χ3v) is 13.5. The monoisotopic (exact) mass is 524 g/mol. The average molecular weight is 525 g/mol. The first kappa shape index (κ1) is 53.7. The molecule has 2 heterocycles. The second kappa shape index (κ2) is 21.9. The quantitative estimate of drug-likeness (QED) is 0.192. The van der Waals surface area contributed by atoms with Gasteiger partial charge in [-0.2, -0.15) is 0 Å². The van der Waals surface area contributed by atoms with E-state index in [4.69, 9.17) is 27.2 Å². The summed E-state index contributed by atoms with van der Waals surface area (Å²) in [6.45, 7) is 16.0. The van der Waals surface area contributed by atoms with E-state index in [1.54, 1.807) is 0 Å². The van der Waals surface area contributed by atoms with E-state index in [-0.39, 0.29) is 66.8 Å². The summed E-state index contributed by atoms with van der Waals surface area (Å²) in [5.41, 5.74) is 0. The van der Waals surface area contributed by atoms with Crippen LogP contribution in [0.4, 0.5) is 0 Å². The predicted molar refractivity (Wildman–Crippen MR) is 156 cm³/mol. The Kier molecular flexibility index (Phi) is 36.7.